The van der Waals surface area contributed by atoms with Gasteiger partial charge in [-0.05, 0) is 92.4 Å². The zero-order valence-corrected chi connectivity index (χ0v) is 26.9. The highest BCUT2D eigenvalue weighted by atomic mass is 19.4. The number of nitrogens with zero attached hydrogens (tertiary/aromatic N) is 7. The Bertz CT molecular complexity index is 2190. The van der Waals surface area contributed by atoms with E-state index < -0.39 is 17.3 Å². The van der Waals surface area contributed by atoms with Gasteiger partial charge in [-0.15, -0.1) is 0 Å². The van der Waals surface area contributed by atoms with Gasteiger partial charge in [0.05, 0.1) is 23.4 Å². The summed E-state index contributed by atoms with van der Waals surface area (Å²) in [6.45, 7) is 3.51. The molecule has 2 aromatic carbocycles. The number of alkyl halides is 3. The molecular formula is C37H33F3N8O. The minimum absolute atomic E-state index is 0.0683. The van der Waals surface area contributed by atoms with E-state index in [9.17, 15) is 18.0 Å². The van der Waals surface area contributed by atoms with Crippen molar-refractivity contribution in [3.63, 3.8) is 0 Å². The summed E-state index contributed by atoms with van der Waals surface area (Å²) in [5, 5.41) is 3.66. The number of likely N-dealkylation sites (N-methyl/N-ethyl adjacent to an activating group) is 1. The van der Waals surface area contributed by atoms with Crippen LogP contribution in [-0.2, 0) is 12.7 Å². The summed E-state index contributed by atoms with van der Waals surface area (Å²) >= 11 is 0. The summed E-state index contributed by atoms with van der Waals surface area (Å²) in [7, 11) is 2.14. The van der Waals surface area contributed by atoms with Gasteiger partial charge in [0, 0.05) is 36.2 Å². The highest BCUT2D eigenvalue weighted by molar-refractivity contribution is 5.82. The van der Waals surface area contributed by atoms with E-state index in [1.54, 1.807) is 49.8 Å². The lowest BCUT2D eigenvalue weighted by Crippen LogP contribution is -2.30. The first-order valence-corrected chi connectivity index (χ1v) is 16.0. The number of piperidine rings is 1. The van der Waals surface area contributed by atoms with Crippen LogP contribution in [0.25, 0.3) is 33.8 Å². The molecule has 1 unspecified atom stereocenters. The van der Waals surface area contributed by atoms with Gasteiger partial charge < -0.3 is 10.2 Å². The van der Waals surface area contributed by atoms with Crippen LogP contribution >= 0.6 is 0 Å². The van der Waals surface area contributed by atoms with E-state index >= 15 is 0 Å². The van der Waals surface area contributed by atoms with Crippen LogP contribution in [-0.4, -0.2) is 54.5 Å². The molecule has 4 aromatic heterocycles. The molecule has 5 heterocycles. The first-order chi connectivity index (χ1) is 23.6. The number of rotatable bonds is 7. The summed E-state index contributed by atoms with van der Waals surface area (Å²) in [5.74, 6) is 0.983. The number of fused-ring (bicyclic) bond motifs is 1. The molecule has 12 heteroatoms. The Morgan fingerprint density at radius 3 is 2.49 bits per heavy atom. The number of likely N-dealkylation sites (tertiary alicyclic amines) is 1. The average Bonchev–Trinajstić information content (AvgIpc) is 3.10. The molecule has 0 spiro atoms. The monoisotopic (exact) mass is 662 g/mol. The van der Waals surface area contributed by atoms with Gasteiger partial charge in [0.25, 0.3) is 5.56 Å². The van der Waals surface area contributed by atoms with Gasteiger partial charge in [-0.25, -0.2) is 15.0 Å². The van der Waals surface area contributed by atoms with Gasteiger partial charge in [0.2, 0.25) is 5.95 Å². The fraction of sp³-hybridized carbons (Fsp3) is 0.243. The van der Waals surface area contributed by atoms with Crippen LogP contribution in [0.3, 0.4) is 0 Å². The lowest BCUT2D eigenvalue weighted by Gasteiger charge is -2.30. The quantitative estimate of drug-likeness (QED) is 0.191. The van der Waals surface area contributed by atoms with Crippen molar-refractivity contribution in [1.82, 2.24) is 34.4 Å². The Balaban J connectivity index is 1.32. The lowest BCUT2D eigenvalue weighted by atomic mass is 9.91. The molecule has 0 aliphatic carbocycles. The molecule has 1 fully saturated rings. The number of aromatic nitrogens is 6. The van der Waals surface area contributed by atoms with Crippen LogP contribution in [0.5, 0.6) is 0 Å². The third kappa shape index (κ3) is 6.77. The fourth-order valence-electron chi connectivity index (χ4n) is 6.38. The van der Waals surface area contributed by atoms with Gasteiger partial charge in [0.1, 0.15) is 11.3 Å². The number of halogens is 3. The molecule has 1 aliphatic rings. The SMILES string of the molecule is Cc1cnc(-c2ccccn2)nc1-c1cc2cnc(Nc3ccc(C4CCCN(C)C4)cc3)nc2n(Cc2ccccc2C(F)(F)F)c1=O. The van der Waals surface area contributed by atoms with Gasteiger partial charge in [-0.1, -0.05) is 36.4 Å². The van der Waals surface area contributed by atoms with Crippen molar-refractivity contribution < 1.29 is 13.2 Å². The maximum atomic E-state index is 14.4. The van der Waals surface area contributed by atoms with Gasteiger partial charge in [-0.3, -0.25) is 14.3 Å². The van der Waals surface area contributed by atoms with E-state index in [1.165, 1.54) is 28.3 Å². The van der Waals surface area contributed by atoms with Crippen molar-refractivity contribution in [2.75, 3.05) is 25.5 Å². The number of nitrogens with one attached hydrogen (secondary N) is 1. The van der Waals surface area contributed by atoms with Crippen LogP contribution in [0.15, 0.2) is 96.2 Å². The second-order valence-electron chi connectivity index (χ2n) is 12.4. The second-order valence-corrected chi connectivity index (χ2v) is 12.4. The Morgan fingerprint density at radius 2 is 1.73 bits per heavy atom. The number of pyridine rings is 2. The topological polar surface area (TPSA) is 102 Å². The molecule has 1 atom stereocenters. The van der Waals surface area contributed by atoms with Crippen LogP contribution < -0.4 is 10.9 Å². The van der Waals surface area contributed by atoms with E-state index in [0.29, 0.717) is 34.1 Å². The average molecular weight is 663 g/mol. The van der Waals surface area contributed by atoms with Crippen molar-refractivity contribution >= 4 is 22.7 Å². The van der Waals surface area contributed by atoms with Gasteiger partial charge in [-0.2, -0.15) is 18.2 Å². The van der Waals surface area contributed by atoms with Crippen molar-refractivity contribution in [3.05, 3.63) is 124 Å². The first-order valence-electron chi connectivity index (χ1n) is 16.0. The number of benzene rings is 2. The standard InChI is InChI=1S/C37H33F3N8O/c1-23-19-42-33(31-11-5-6-16-41-31)45-32(23)29-18-27-20-43-36(44-28-14-12-24(13-15-28)25-9-7-17-47(2)21-25)46-34(27)48(35(29)49)22-26-8-3-4-10-30(26)37(38,39)40/h3-6,8,10-16,18-20,25H,7,9,17,21-22H2,1-2H3,(H,43,44,46). The van der Waals surface area contributed by atoms with Crippen LogP contribution in [0, 0.1) is 6.92 Å². The first kappa shape index (κ1) is 32.1. The van der Waals surface area contributed by atoms with Crippen LogP contribution in [0.1, 0.15) is 41.0 Å². The summed E-state index contributed by atoms with van der Waals surface area (Å²) in [6, 6.07) is 20.3. The summed E-state index contributed by atoms with van der Waals surface area (Å²) < 4.78 is 43.5. The maximum Gasteiger partial charge on any atom is 0.416 e. The summed E-state index contributed by atoms with van der Waals surface area (Å²) in [6.07, 6.45) is 2.45. The molecule has 0 radical (unpaired) electrons. The minimum atomic E-state index is -4.62. The Hall–Kier alpha value is -5.49. The molecule has 0 saturated carbocycles. The molecule has 1 N–H and O–H groups in total. The molecule has 49 heavy (non-hydrogen) atoms. The van der Waals surface area contributed by atoms with E-state index in [1.807, 2.05) is 12.1 Å². The normalized spacial score (nSPS) is 15.4. The van der Waals surface area contributed by atoms with Crippen molar-refractivity contribution in [1.29, 1.82) is 0 Å². The Kier molecular flexibility index (Phi) is 8.64. The zero-order valence-electron chi connectivity index (χ0n) is 26.9. The van der Waals surface area contributed by atoms with Crippen LogP contribution in [0.2, 0.25) is 0 Å². The molecule has 0 bridgehead atoms. The highest BCUT2D eigenvalue weighted by Gasteiger charge is 2.33. The molecule has 6 aromatic rings. The fourth-order valence-corrected chi connectivity index (χ4v) is 6.38. The molecule has 7 rings (SSSR count). The molecule has 9 nitrogen and oxygen atoms in total. The van der Waals surface area contributed by atoms with E-state index in [4.69, 9.17) is 0 Å². The maximum absolute atomic E-state index is 14.4. The molecule has 0 amide bonds. The second kappa shape index (κ2) is 13.2. The predicted molar refractivity (Wildman–Crippen MR) is 183 cm³/mol. The minimum Gasteiger partial charge on any atom is -0.324 e. The van der Waals surface area contributed by atoms with Crippen molar-refractivity contribution in [2.45, 2.75) is 38.4 Å². The largest absolute Gasteiger partial charge is 0.416 e. The summed E-state index contributed by atoms with van der Waals surface area (Å²) in [4.78, 5) is 39.3. The zero-order chi connectivity index (χ0) is 34.1. The van der Waals surface area contributed by atoms with E-state index in [2.05, 4.69) is 54.3 Å². The van der Waals surface area contributed by atoms with Crippen LogP contribution in [0.4, 0.5) is 24.8 Å². The van der Waals surface area contributed by atoms with E-state index in [0.717, 1.165) is 37.7 Å². The van der Waals surface area contributed by atoms with Gasteiger partial charge >= 0.3 is 6.18 Å². The number of aryl methyl sites for hydroxylation is 1. The molecular weight excluding hydrogens is 629 g/mol. The number of hydrogen-bond donors (Lipinski definition) is 1. The van der Waals surface area contributed by atoms with Crippen molar-refractivity contribution in [3.8, 4) is 22.8 Å². The van der Waals surface area contributed by atoms with Gasteiger partial charge in [0.15, 0.2) is 5.82 Å². The van der Waals surface area contributed by atoms with Crippen molar-refractivity contribution in [2.24, 2.45) is 0 Å². The molecule has 1 aliphatic heterocycles. The Morgan fingerprint density at radius 1 is 0.939 bits per heavy atom. The third-order valence-electron chi connectivity index (χ3n) is 8.86. The highest BCUT2D eigenvalue weighted by Crippen LogP contribution is 2.33. The summed E-state index contributed by atoms with van der Waals surface area (Å²) in [5.41, 5.74) is 2.39. The molecule has 1 saturated heterocycles. The smallest absolute Gasteiger partial charge is 0.324 e. The molecule has 248 valence electrons. The van der Waals surface area contributed by atoms with E-state index in [-0.39, 0.29) is 29.3 Å². The number of hydrogen-bond acceptors (Lipinski definition) is 8. The third-order valence-corrected chi connectivity index (χ3v) is 8.86. The predicted octanol–water partition coefficient (Wildman–Crippen LogP) is 7.24. The lowest BCUT2D eigenvalue weighted by molar-refractivity contribution is -0.138. The number of anilines is 2. The Labute approximate surface area is 280 Å².